The second kappa shape index (κ2) is 7.91. The van der Waals surface area contributed by atoms with Crippen LogP contribution in [-0.4, -0.2) is 29.5 Å². The molecule has 126 valence electrons. The van der Waals surface area contributed by atoms with E-state index >= 15 is 0 Å². The van der Waals surface area contributed by atoms with Crippen LogP contribution in [0.5, 0.6) is 5.75 Å². The first-order valence-electron chi connectivity index (χ1n) is 7.31. The summed E-state index contributed by atoms with van der Waals surface area (Å²) in [5, 5.41) is 16.4. The molecule has 0 aliphatic carbocycles. The molecule has 1 heterocycles. The number of hydrogen-bond acceptors (Lipinski definition) is 6. The number of amides is 1. The van der Waals surface area contributed by atoms with E-state index in [0.29, 0.717) is 30.2 Å². The molecule has 0 fully saturated rings. The molecule has 8 nitrogen and oxygen atoms in total. The van der Waals surface area contributed by atoms with Crippen molar-refractivity contribution in [3.05, 3.63) is 52.2 Å². The lowest BCUT2D eigenvalue weighted by Gasteiger charge is -2.09. The molecule has 24 heavy (non-hydrogen) atoms. The van der Waals surface area contributed by atoms with Crippen molar-refractivity contribution in [3.63, 3.8) is 0 Å². The van der Waals surface area contributed by atoms with E-state index in [-0.39, 0.29) is 11.6 Å². The highest BCUT2D eigenvalue weighted by molar-refractivity contribution is 5.75. The van der Waals surface area contributed by atoms with Gasteiger partial charge < -0.3 is 15.4 Å². The summed E-state index contributed by atoms with van der Waals surface area (Å²) < 4.78 is 5.47. The Bertz CT molecular complexity index is 731. The van der Waals surface area contributed by atoms with E-state index in [9.17, 15) is 14.9 Å². The molecule has 0 atom stereocenters. The van der Waals surface area contributed by atoms with Gasteiger partial charge in [-0.1, -0.05) is 0 Å². The van der Waals surface area contributed by atoms with Crippen LogP contribution in [0.1, 0.15) is 12.0 Å². The van der Waals surface area contributed by atoms with Crippen LogP contribution in [0.4, 0.5) is 17.2 Å². The minimum absolute atomic E-state index is 0.0135. The monoisotopic (exact) mass is 330 g/mol. The molecule has 2 N–H and O–H groups in total. The fourth-order valence-electron chi connectivity index (χ4n) is 1.98. The first-order chi connectivity index (χ1) is 11.5. The van der Waals surface area contributed by atoms with Gasteiger partial charge in [0.15, 0.2) is 0 Å². The number of nitro groups is 1. The van der Waals surface area contributed by atoms with Crippen LogP contribution in [0.2, 0.25) is 0 Å². The molecule has 0 saturated carbocycles. The minimum atomic E-state index is -0.461. The number of nitrogens with zero attached hydrogens (tertiary/aromatic N) is 2. The van der Waals surface area contributed by atoms with Crippen LogP contribution in [-0.2, 0) is 4.79 Å². The van der Waals surface area contributed by atoms with Crippen LogP contribution >= 0.6 is 0 Å². The lowest BCUT2D eigenvalue weighted by atomic mass is 10.2. The number of benzene rings is 1. The van der Waals surface area contributed by atoms with Gasteiger partial charge in [-0.3, -0.25) is 14.9 Å². The zero-order valence-electron chi connectivity index (χ0n) is 13.4. The summed E-state index contributed by atoms with van der Waals surface area (Å²) in [4.78, 5) is 25.5. The first-order valence-corrected chi connectivity index (χ1v) is 7.31. The van der Waals surface area contributed by atoms with Crippen LogP contribution in [0.25, 0.3) is 0 Å². The molecule has 0 spiro atoms. The largest absolute Gasteiger partial charge is 0.493 e. The number of rotatable bonds is 7. The predicted molar refractivity (Wildman–Crippen MR) is 89.5 cm³/mol. The maximum absolute atomic E-state index is 11.1. The van der Waals surface area contributed by atoms with Crippen molar-refractivity contribution in [2.75, 3.05) is 19.0 Å². The van der Waals surface area contributed by atoms with Gasteiger partial charge in [0.1, 0.15) is 17.8 Å². The average Bonchev–Trinajstić information content (AvgIpc) is 2.56. The summed E-state index contributed by atoms with van der Waals surface area (Å²) in [5.74, 6) is 1.09. The Kier molecular flexibility index (Phi) is 5.67. The van der Waals surface area contributed by atoms with Crippen molar-refractivity contribution in [1.82, 2.24) is 10.3 Å². The molecule has 1 aromatic heterocycles. The third kappa shape index (κ3) is 4.67. The van der Waals surface area contributed by atoms with E-state index in [1.165, 1.54) is 6.20 Å². The number of carbonyl (C=O) groups excluding carboxylic acids is 1. The molecular weight excluding hydrogens is 312 g/mol. The number of hydrogen-bond donors (Lipinski definition) is 2. The number of ether oxygens (including phenoxy) is 1. The summed E-state index contributed by atoms with van der Waals surface area (Å²) in [6.07, 6.45) is 1.52. The highest BCUT2D eigenvalue weighted by Gasteiger charge is 2.11. The molecule has 1 amide bonds. The normalized spacial score (nSPS) is 10.1. The highest BCUT2D eigenvalue weighted by atomic mass is 16.6. The van der Waals surface area contributed by atoms with Gasteiger partial charge in [-0.15, -0.1) is 0 Å². The molecular formula is C16H18N4O4. The number of aryl methyl sites for hydroxylation is 1. The Labute approximate surface area is 139 Å². The van der Waals surface area contributed by atoms with Crippen molar-refractivity contribution in [2.45, 2.75) is 13.3 Å². The molecule has 2 rings (SSSR count). The van der Waals surface area contributed by atoms with Crippen molar-refractivity contribution in [1.29, 1.82) is 0 Å². The van der Waals surface area contributed by atoms with Crippen molar-refractivity contribution < 1.29 is 14.5 Å². The molecule has 0 saturated heterocycles. The Morgan fingerprint density at radius 1 is 1.33 bits per heavy atom. The summed E-state index contributed by atoms with van der Waals surface area (Å²) in [5.41, 5.74) is 1.29. The predicted octanol–water partition coefficient (Wildman–Crippen LogP) is 2.56. The van der Waals surface area contributed by atoms with E-state index in [2.05, 4.69) is 15.6 Å². The van der Waals surface area contributed by atoms with E-state index in [1.54, 1.807) is 44.3 Å². The third-order valence-corrected chi connectivity index (χ3v) is 3.28. The Hall–Kier alpha value is -3.16. The van der Waals surface area contributed by atoms with Gasteiger partial charge in [-0.25, -0.2) is 4.98 Å². The molecule has 2 aromatic rings. The van der Waals surface area contributed by atoms with Gasteiger partial charge in [-0.2, -0.15) is 0 Å². The van der Waals surface area contributed by atoms with Crippen molar-refractivity contribution in [2.24, 2.45) is 0 Å². The van der Waals surface area contributed by atoms with Crippen molar-refractivity contribution in [3.8, 4) is 5.75 Å². The highest BCUT2D eigenvalue weighted by Crippen LogP contribution is 2.23. The Morgan fingerprint density at radius 2 is 2.04 bits per heavy atom. The number of carbonyl (C=O) groups is 1. The first kappa shape index (κ1) is 17.2. The molecule has 0 radical (unpaired) electrons. The number of anilines is 2. The van der Waals surface area contributed by atoms with Gasteiger partial charge in [-0.05, 0) is 37.3 Å². The summed E-state index contributed by atoms with van der Waals surface area (Å²) in [7, 11) is 1.58. The quantitative estimate of drug-likeness (QED) is 0.597. The SMILES string of the molecule is CNC(=O)CCOc1ccc(Nc2cc(C)c([N+](=O)[O-])cn2)cc1. The van der Waals surface area contributed by atoms with Crippen LogP contribution in [0.15, 0.2) is 36.5 Å². The van der Waals surface area contributed by atoms with Gasteiger partial charge >= 0.3 is 0 Å². The molecule has 1 aromatic carbocycles. The zero-order chi connectivity index (χ0) is 17.5. The Balaban J connectivity index is 1.95. The minimum Gasteiger partial charge on any atom is -0.493 e. The van der Waals surface area contributed by atoms with E-state index < -0.39 is 4.92 Å². The maximum Gasteiger partial charge on any atom is 0.290 e. The van der Waals surface area contributed by atoms with Crippen LogP contribution < -0.4 is 15.4 Å². The fourth-order valence-corrected chi connectivity index (χ4v) is 1.98. The average molecular weight is 330 g/mol. The van der Waals surface area contributed by atoms with Crippen molar-refractivity contribution >= 4 is 23.1 Å². The van der Waals surface area contributed by atoms with Gasteiger partial charge in [0.2, 0.25) is 5.91 Å². The fraction of sp³-hybridized carbons (Fsp3) is 0.250. The summed E-state index contributed by atoms with van der Waals surface area (Å²) in [6, 6.07) is 8.75. The number of nitrogens with one attached hydrogen (secondary N) is 2. The van der Waals surface area contributed by atoms with Gasteiger partial charge in [0.05, 0.1) is 18.0 Å². The second-order valence-electron chi connectivity index (χ2n) is 5.03. The molecule has 0 aliphatic rings. The topological polar surface area (TPSA) is 106 Å². The van der Waals surface area contributed by atoms with E-state index in [4.69, 9.17) is 4.74 Å². The van der Waals surface area contributed by atoms with E-state index in [1.807, 2.05) is 0 Å². The molecule has 0 aliphatic heterocycles. The number of aromatic nitrogens is 1. The Morgan fingerprint density at radius 3 is 2.62 bits per heavy atom. The van der Waals surface area contributed by atoms with Crippen LogP contribution in [0.3, 0.4) is 0 Å². The lowest BCUT2D eigenvalue weighted by molar-refractivity contribution is -0.385. The standard InChI is InChI=1S/C16H18N4O4/c1-11-9-15(18-10-14(11)20(22)23)19-12-3-5-13(6-4-12)24-8-7-16(21)17-2/h3-6,9-10H,7-8H2,1-2H3,(H,17,21)(H,18,19). The second-order valence-corrected chi connectivity index (χ2v) is 5.03. The van der Waals surface area contributed by atoms with E-state index in [0.717, 1.165) is 5.69 Å². The summed E-state index contributed by atoms with van der Waals surface area (Å²) >= 11 is 0. The van der Waals surface area contributed by atoms with Gasteiger partial charge in [0, 0.05) is 18.3 Å². The number of pyridine rings is 1. The molecule has 0 unspecified atom stereocenters. The zero-order valence-corrected chi connectivity index (χ0v) is 13.4. The maximum atomic E-state index is 11.1. The smallest absolute Gasteiger partial charge is 0.290 e. The third-order valence-electron chi connectivity index (χ3n) is 3.28. The summed E-state index contributed by atoms with van der Waals surface area (Å²) in [6.45, 7) is 1.96. The van der Waals surface area contributed by atoms with Crippen LogP contribution in [0, 0.1) is 17.0 Å². The molecule has 8 heteroatoms. The lowest BCUT2D eigenvalue weighted by Crippen LogP contribution is -2.20. The van der Waals surface area contributed by atoms with Gasteiger partial charge in [0.25, 0.3) is 5.69 Å². The molecule has 0 bridgehead atoms.